The first-order valence-corrected chi connectivity index (χ1v) is 8.46. The van der Waals surface area contributed by atoms with Crippen molar-refractivity contribution in [2.24, 2.45) is 0 Å². The number of aromatic nitrogens is 3. The Bertz CT molecular complexity index is 826. The molecular formula is C17H18N4OS. The van der Waals surface area contributed by atoms with Crippen molar-refractivity contribution in [2.75, 3.05) is 11.9 Å². The Morgan fingerprint density at radius 3 is 2.78 bits per heavy atom. The van der Waals surface area contributed by atoms with E-state index in [1.165, 1.54) is 6.07 Å². The number of nitrogens with zero attached hydrogens (tertiary/aromatic N) is 2. The van der Waals surface area contributed by atoms with Gasteiger partial charge >= 0.3 is 0 Å². The molecule has 0 saturated heterocycles. The molecule has 2 aromatic heterocycles. The van der Waals surface area contributed by atoms with Gasteiger partial charge in [0.2, 0.25) is 5.95 Å². The summed E-state index contributed by atoms with van der Waals surface area (Å²) in [4.78, 5) is 23.2. The molecule has 0 radical (unpaired) electrons. The van der Waals surface area contributed by atoms with Crippen LogP contribution in [0, 0.1) is 0 Å². The average molecular weight is 326 g/mol. The van der Waals surface area contributed by atoms with Crippen molar-refractivity contribution in [1.82, 2.24) is 15.0 Å². The second-order valence-corrected chi connectivity index (χ2v) is 5.98. The van der Waals surface area contributed by atoms with Crippen LogP contribution in [-0.2, 0) is 12.8 Å². The summed E-state index contributed by atoms with van der Waals surface area (Å²) in [7, 11) is 0. The van der Waals surface area contributed by atoms with Crippen molar-refractivity contribution in [3.63, 3.8) is 0 Å². The maximum absolute atomic E-state index is 11.5. The lowest BCUT2D eigenvalue weighted by Gasteiger charge is -2.05. The molecule has 118 valence electrons. The predicted molar refractivity (Wildman–Crippen MR) is 94.0 cm³/mol. The van der Waals surface area contributed by atoms with Crippen LogP contribution in [0.5, 0.6) is 0 Å². The van der Waals surface area contributed by atoms with Crippen molar-refractivity contribution in [3.8, 4) is 10.6 Å². The number of hydrogen-bond acceptors (Lipinski definition) is 5. The largest absolute Gasteiger partial charge is 0.355 e. The normalized spacial score (nSPS) is 10.7. The van der Waals surface area contributed by atoms with E-state index in [1.54, 1.807) is 11.3 Å². The molecule has 0 unspecified atom stereocenters. The van der Waals surface area contributed by atoms with Crippen LogP contribution in [0.25, 0.3) is 10.6 Å². The number of benzene rings is 1. The highest BCUT2D eigenvalue weighted by Crippen LogP contribution is 2.23. The lowest BCUT2D eigenvalue weighted by Crippen LogP contribution is -2.15. The minimum Gasteiger partial charge on any atom is -0.355 e. The lowest BCUT2D eigenvalue weighted by molar-refractivity contribution is 0.925. The van der Waals surface area contributed by atoms with Gasteiger partial charge in [0.15, 0.2) is 0 Å². The number of thiazole rings is 1. The van der Waals surface area contributed by atoms with Crippen molar-refractivity contribution < 1.29 is 0 Å². The zero-order chi connectivity index (χ0) is 16.1. The Hall–Kier alpha value is -2.47. The maximum Gasteiger partial charge on any atom is 0.252 e. The summed E-state index contributed by atoms with van der Waals surface area (Å²) >= 11 is 1.65. The van der Waals surface area contributed by atoms with E-state index < -0.39 is 0 Å². The number of nitrogens with one attached hydrogen (secondary N) is 2. The van der Waals surface area contributed by atoms with Gasteiger partial charge in [-0.2, -0.15) is 0 Å². The minimum atomic E-state index is -0.126. The number of aromatic amines is 1. The third kappa shape index (κ3) is 4.04. The molecule has 0 aliphatic heterocycles. The van der Waals surface area contributed by atoms with Crippen molar-refractivity contribution in [2.45, 2.75) is 19.8 Å². The summed E-state index contributed by atoms with van der Waals surface area (Å²) in [5.41, 5.74) is 2.84. The minimum absolute atomic E-state index is 0.126. The quantitative estimate of drug-likeness (QED) is 0.730. The summed E-state index contributed by atoms with van der Waals surface area (Å²) in [6.07, 6.45) is 1.52. The molecule has 2 heterocycles. The van der Waals surface area contributed by atoms with Crippen LogP contribution in [0.2, 0.25) is 0 Å². The molecule has 3 rings (SSSR count). The molecule has 3 aromatic rings. The van der Waals surface area contributed by atoms with E-state index in [1.807, 2.05) is 25.1 Å². The Morgan fingerprint density at radius 1 is 1.17 bits per heavy atom. The van der Waals surface area contributed by atoms with E-state index in [4.69, 9.17) is 0 Å². The highest BCUT2D eigenvalue weighted by molar-refractivity contribution is 7.13. The van der Waals surface area contributed by atoms with Gasteiger partial charge in [0.1, 0.15) is 5.01 Å². The van der Waals surface area contributed by atoms with E-state index in [2.05, 4.69) is 37.8 Å². The fourth-order valence-electron chi connectivity index (χ4n) is 2.22. The highest BCUT2D eigenvalue weighted by atomic mass is 32.1. The molecule has 2 N–H and O–H groups in total. The molecule has 23 heavy (non-hydrogen) atoms. The van der Waals surface area contributed by atoms with E-state index >= 15 is 0 Å². The summed E-state index contributed by atoms with van der Waals surface area (Å²) in [6.45, 7) is 2.65. The van der Waals surface area contributed by atoms with Crippen LogP contribution in [0.3, 0.4) is 0 Å². The molecular weight excluding hydrogens is 308 g/mol. The zero-order valence-electron chi connectivity index (χ0n) is 12.9. The Labute approximate surface area is 138 Å². The average Bonchev–Trinajstić information content (AvgIpc) is 3.04. The number of hydrogen-bond donors (Lipinski definition) is 2. The van der Waals surface area contributed by atoms with Crippen LogP contribution in [0.4, 0.5) is 5.95 Å². The van der Waals surface area contributed by atoms with Gasteiger partial charge in [-0.1, -0.05) is 37.3 Å². The Morgan fingerprint density at radius 2 is 2.00 bits per heavy atom. The van der Waals surface area contributed by atoms with E-state index in [0.717, 1.165) is 34.8 Å². The summed E-state index contributed by atoms with van der Waals surface area (Å²) in [5.74, 6) is 0.521. The maximum atomic E-state index is 11.5. The van der Waals surface area contributed by atoms with E-state index in [-0.39, 0.29) is 5.56 Å². The van der Waals surface area contributed by atoms with Gasteiger partial charge < -0.3 is 5.32 Å². The molecule has 0 aliphatic rings. The molecule has 5 nitrogen and oxygen atoms in total. The van der Waals surface area contributed by atoms with Gasteiger partial charge in [-0.15, -0.1) is 11.3 Å². The van der Waals surface area contributed by atoms with Crippen LogP contribution >= 0.6 is 11.3 Å². The van der Waals surface area contributed by atoms with Crippen LogP contribution in [0.15, 0.2) is 46.6 Å². The van der Waals surface area contributed by atoms with Gasteiger partial charge in [-0.05, 0) is 6.42 Å². The number of aryl methyl sites for hydroxylation is 1. The molecule has 0 fully saturated rings. The van der Waals surface area contributed by atoms with Crippen molar-refractivity contribution in [1.29, 1.82) is 0 Å². The molecule has 1 aromatic carbocycles. The van der Waals surface area contributed by atoms with Gasteiger partial charge in [-0.3, -0.25) is 9.78 Å². The van der Waals surface area contributed by atoms with Crippen LogP contribution < -0.4 is 10.9 Å². The Kier molecular flexibility index (Phi) is 4.83. The standard InChI is InChI=1S/C17H18N4OS/c1-2-13-10-15(22)21-17(20-13)18-9-8-14-11-23-16(19-14)12-6-4-3-5-7-12/h3-7,10-11H,2,8-9H2,1H3,(H2,18,20,21,22). The second-order valence-electron chi connectivity index (χ2n) is 5.13. The van der Waals surface area contributed by atoms with E-state index in [0.29, 0.717) is 12.5 Å². The smallest absolute Gasteiger partial charge is 0.252 e. The molecule has 6 heteroatoms. The second kappa shape index (κ2) is 7.19. The first-order chi connectivity index (χ1) is 11.2. The van der Waals surface area contributed by atoms with Crippen LogP contribution in [0.1, 0.15) is 18.3 Å². The summed E-state index contributed by atoms with van der Waals surface area (Å²) in [6, 6.07) is 11.7. The zero-order valence-corrected chi connectivity index (χ0v) is 13.7. The van der Waals surface area contributed by atoms with Crippen molar-refractivity contribution in [3.05, 3.63) is 63.5 Å². The molecule has 0 amide bonds. The SMILES string of the molecule is CCc1cc(=O)[nH]c(NCCc2csc(-c3ccccc3)n2)n1. The van der Waals surface area contributed by atoms with Gasteiger partial charge in [0.05, 0.1) is 5.69 Å². The number of H-pyrrole nitrogens is 1. The third-order valence-corrected chi connectivity index (χ3v) is 4.34. The van der Waals surface area contributed by atoms with Crippen molar-refractivity contribution >= 4 is 17.3 Å². The monoisotopic (exact) mass is 326 g/mol. The van der Waals surface area contributed by atoms with E-state index in [9.17, 15) is 4.79 Å². The topological polar surface area (TPSA) is 70.7 Å². The van der Waals surface area contributed by atoms with Crippen LogP contribution in [-0.4, -0.2) is 21.5 Å². The molecule has 0 saturated carbocycles. The fourth-order valence-corrected chi connectivity index (χ4v) is 3.08. The first kappa shape index (κ1) is 15.4. The fraction of sp³-hybridized carbons (Fsp3) is 0.235. The number of anilines is 1. The highest BCUT2D eigenvalue weighted by Gasteiger charge is 2.05. The molecule has 0 aliphatic carbocycles. The molecule has 0 atom stereocenters. The summed E-state index contributed by atoms with van der Waals surface area (Å²) < 4.78 is 0. The van der Waals surface area contributed by atoms with Gasteiger partial charge in [-0.25, -0.2) is 9.97 Å². The molecule has 0 spiro atoms. The summed E-state index contributed by atoms with van der Waals surface area (Å²) in [5, 5.41) is 6.26. The van der Waals surface area contributed by atoms with Gasteiger partial charge in [0, 0.05) is 35.7 Å². The molecule has 0 bridgehead atoms. The predicted octanol–water partition coefficient (Wildman–Crippen LogP) is 3.11. The third-order valence-electron chi connectivity index (χ3n) is 3.40. The first-order valence-electron chi connectivity index (χ1n) is 7.58. The van der Waals surface area contributed by atoms with Gasteiger partial charge in [0.25, 0.3) is 5.56 Å². The number of rotatable bonds is 6. The lowest BCUT2D eigenvalue weighted by atomic mass is 10.2. The Balaban J connectivity index is 1.60.